The third-order valence-corrected chi connectivity index (χ3v) is 14.5. The quantitative estimate of drug-likeness (QED) is 0.0355. The first kappa shape index (κ1) is 61.5. The van der Waals surface area contributed by atoms with E-state index in [2.05, 4.69) is 40.3 Å². The number of amides is 6. The second-order valence-electron chi connectivity index (χ2n) is 20.9. The number of rotatable bonds is 28. The summed E-state index contributed by atoms with van der Waals surface area (Å²) < 4.78 is 11.5. The van der Waals surface area contributed by atoms with Gasteiger partial charge in [-0.25, -0.2) is 14.4 Å². The Kier molecular flexibility index (Phi) is 23.7. The van der Waals surface area contributed by atoms with Crippen LogP contribution in [0.25, 0.3) is 11.1 Å². The Hall–Kier alpha value is -7.04. The van der Waals surface area contributed by atoms with Gasteiger partial charge in [0.2, 0.25) is 23.6 Å². The molecule has 0 saturated heterocycles. The number of likely N-dealkylation sites (N-methyl/N-ethyl adjacent to an activating group) is 2. The zero-order valence-electron chi connectivity index (χ0n) is 46.5. The fourth-order valence-corrected chi connectivity index (χ4v) is 9.46. The number of carboxylic acids is 1. The number of benzene rings is 3. The maximum absolute atomic E-state index is 14.0. The molecule has 4 rings (SSSR count). The van der Waals surface area contributed by atoms with E-state index in [1.54, 1.807) is 51.1 Å². The van der Waals surface area contributed by atoms with Crippen molar-refractivity contribution in [2.24, 2.45) is 23.7 Å². The number of nitrogens with one attached hydrogen (secondary N) is 4. The Morgan fingerprint density at radius 2 is 1.26 bits per heavy atom. The molecule has 0 radical (unpaired) electrons. The van der Waals surface area contributed by atoms with Crippen molar-refractivity contribution in [2.45, 2.75) is 150 Å². The van der Waals surface area contributed by atoms with Crippen molar-refractivity contribution in [3.8, 4) is 11.1 Å². The number of carbonyl (C=O) groups excluding carboxylic acids is 7. The van der Waals surface area contributed by atoms with Gasteiger partial charge in [0.05, 0.1) is 6.54 Å². The Morgan fingerprint density at radius 3 is 1.83 bits per heavy atom. The lowest BCUT2D eigenvalue weighted by Gasteiger charge is -2.33. The summed E-state index contributed by atoms with van der Waals surface area (Å²) in [5, 5.41) is 20.7. The third-order valence-electron chi connectivity index (χ3n) is 14.5. The summed E-state index contributed by atoms with van der Waals surface area (Å²) in [6.07, 6.45) is 2.38. The number of carbonyl (C=O) groups is 8. The molecule has 17 heteroatoms. The van der Waals surface area contributed by atoms with Crippen LogP contribution in [0.5, 0.6) is 0 Å². The van der Waals surface area contributed by atoms with Crippen LogP contribution in [0, 0.1) is 23.7 Å². The maximum atomic E-state index is 14.0. The molecule has 0 spiro atoms. The van der Waals surface area contributed by atoms with Crippen molar-refractivity contribution in [1.82, 2.24) is 31.1 Å². The highest BCUT2D eigenvalue weighted by molar-refractivity contribution is 5.95. The Labute approximate surface area is 449 Å². The van der Waals surface area contributed by atoms with Gasteiger partial charge in [0.25, 0.3) is 5.91 Å². The van der Waals surface area contributed by atoms with E-state index in [-0.39, 0.29) is 66.6 Å². The molecule has 6 amide bonds. The number of hydrogen-bond acceptors (Lipinski definition) is 10. The molecule has 0 saturated carbocycles. The molecule has 1 aliphatic carbocycles. The van der Waals surface area contributed by atoms with E-state index in [4.69, 9.17) is 9.47 Å². The van der Waals surface area contributed by atoms with Gasteiger partial charge in [-0.3, -0.25) is 24.0 Å². The highest BCUT2D eigenvalue weighted by Gasteiger charge is 2.36. The molecule has 5 N–H and O–H groups in total. The number of hydrogen-bond donors (Lipinski definition) is 5. The van der Waals surface area contributed by atoms with Gasteiger partial charge in [0, 0.05) is 38.0 Å². The standard InChI is InChI=1S/C59H82N6O11/c1-13-36(5)51(63-53(67)40(9)61-59(74)75-34-47-45-29-20-18-27-43(45)44-28-19-21-30-46(44)47)38(7)23-22-24-39(8)58(73)76-49(31-35(3)4)54(68)60-41(10)55(69)65(12)48(32-42-25-16-15-17-26-42)56(70)64(11)33-50(66)62-52(57(71)72)37(6)14-2/h15-21,24-30,35-38,40-41,47-49,51-52H,13-14,22-23,31-34H2,1-12H3,(H,60,68)(H,61,74)(H,62,66)(H,63,67)(H,71,72)/b39-24+/t36?,37-,38+,40?,41-,48-,49-,51-,52+/m1/s1. The largest absolute Gasteiger partial charge is 0.480 e. The van der Waals surface area contributed by atoms with Gasteiger partial charge in [-0.2, -0.15) is 0 Å². The van der Waals surface area contributed by atoms with E-state index < -0.39 is 78.5 Å². The molecular weight excluding hydrogens is 969 g/mol. The SMILES string of the molecule is CCC(C)[C@@H](NC(=O)C(C)NC(=O)OCC1c2ccccc2-c2ccccc21)[C@@H](C)CC/C=C(\C)C(=O)O[C@H](CC(C)C)C(=O)N[C@H](C)C(=O)N(C)[C@H](Cc1ccccc1)C(=O)N(C)CC(=O)N[C@H](C(=O)O)[C@H](C)CC. The number of aliphatic carboxylic acids is 1. The third kappa shape index (κ3) is 17.2. The van der Waals surface area contributed by atoms with Crippen molar-refractivity contribution < 1.29 is 52.9 Å². The zero-order valence-corrected chi connectivity index (χ0v) is 46.5. The van der Waals surface area contributed by atoms with Gasteiger partial charge in [-0.1, -0.05) is 146 Å². The maximum Gasteiger partial charge on any atom is 0.407 e. The summed E-state index contributed by atoms with van der Waals surface area (Å²) in [7, 11) is 2.83. The lowest BCUT2D eigenvalue weighted by atomic mass is 9.85. The van der Waals surface area contributed by atoms with Crippen LogP contribution >= 0.6 is 0 Å². The number of carboxylic acid groups (broad SMARTS) is 1. The minimum atomic E-state index is -1.25. The number of alkyl carbamates (subject to hydrolysis) is 1. The summed E-state index contributed by atoms with van der Waals surface area (Å²) in [4.78, 5) is 109. The average Bonchev–Trinajstić information content (AvgIpc) is 3.72. The van der Waals surface area contributed by atoms with Crippen LogP contribution in [0.4, 0.5) is 4.79 Å². The molecule has 0 heterocycles. The molecule has 414 valence electrons. The van der Waals surface area contributed by atoms with Crippen molar-refractivity contribution in [2.75, 3.05) is 27.2 Å². The predicted octanol–water partition coefficient (Wildman–Crippen LogP) is 7.41. The summed E-state index contributed by atoms with van der Waals surface area (Å²) in [5.41, 5.74) is 5.41. The molecule has 9 atom stereocenters. The lowest BCUT2D eigenvalue weighted by molar-refractivity contribution is -0.154. The van der Waals surface area contributed by atoms with Gasteiger partial charge >= 0.3 is 18.0 Å². The molecule has 3 aromatic carbocycles. The molecule has 0 aromatic heterocycles. The highest BCUT2D eigenvalue weighted by atomic mass is 16.6. The van der Waals surface area contributed by atoms with Crippen molar-refractivity contribution in [1.29, 1.82) is 0 Å². The minimum Gasteiger partial charge on any atom is -0.480 e. The van der Waals surface area contributed by atoms with E-state index in [9.17, 15) is 43.5 Å². The van der Waals surface area contributed by atoms with Gasteiger partial charge in [0.1, 0.15) is 30.8 Å². The van der Waals surface area contributed by atoms with Crippen molar-refractivity contribution in [3.05, 3.63) is 107 Å². The second kappa shape index (κ2) is 29.3. The first-order chi connectivity index (χ1) is 36.0. The van der Waals surface area contributed by atoms with Gasteiger partial charge in [-0.15, -0.1) is 0 Å². The van der Waals surface area contributed by atoms with Crippen LogP contribution in [0.15, 0.2) is 90.5 Å². The van der Waals surface area contributed by atoms with Gasteiger partial charge in [0.15, 0.2) is 6.10 Å². The van der Waals surface area contributed by atoms with Gasteiger partial charge < -0.3 is 45.6 Å². The number of allylic oxidation sites excluding steroid dienone is 1. The summed E-state index contributed by atoms with van der Waals surface area (Å²) in [6.45, 7) is 17.7. The number of ether oxygens (including phenoxy) is 2. The van der Waals surface area contributed by atoms with E-state index in [1.807, 2.05) is 77.1 Å². The highest BCUT2D eigenvalue weighted by Crippen LogP contribution is 2.44. The van der Waals surface area contributed by atoms with Crippen LogP contribution in [0.1, 0.15) is 124 Å². The predicted molar refractivity (Wildman–Crippen MR) is 292 cm³/mol. The number of esters is 1. The molecule has 0 bridgehead atoms. The number of fused-ring (bicyclic) bond motifs is 3. The Morgan fingerprint density at radius 1 is 0.684 bits per heavy atom. The first-order valence-electron chi connectivity index (χ1n) is 26.7. The number of nitrogens with zero attached hydrogens (tertiary/aromatic N) is 2. The van der Waals surface area contributed by atoms with Crippen molar-refractivity contribution in [3.63, 3.8) is 0 Å². The zero-order chi connectivity index (χ0) is 56.4. The second-order valence-corrected chi connectivity index (χ2v) is 20.9. The molecule has 2 unspecified atom stereocenters. The van der Waals surface area contributed by atoms with E-state index in [0.29, 0.717) is 19.3 Å². The van der Waals surface area contributed by atoms with E-state index >= 15 is 0 Å². The normalized spacial score (nSPS) is 15.7. The lowest BCUT2D eigenvalue weighted by Crippen LogP contribution is -2.56. The monoisotopic (exact) mass is 1050 g/mol. The van der Waals surface area contributed by atoms with Crippen LogP contribution in [-0.4, -0.2) is 126 Å². The van der Waals surface area contributed by atoms with E-state index in [0.717, 1.165) is 39.1 Å². The Bertz CT molecular complexity index is 2470. The van der Waals surface area contributed by atoms with Crippen LogP contribution in [-0.2, 0) is 49.5 Å². The molecule has 0 aliphatic heterocycles. The molecule has 3 aromatic rings. The molecular formula is C59H82N6O11. The van der Waals surface area contributed by atoms with Crippen molar-refractivity contribution >= 4 is 47.6 Å². The van der Waals surface area contributed by atoms with Crippen LogP contribution in [0.3, 0.4) is 0 Å². The molecule has 0 fully saturated rings. The van der Waals surface area contributed by atoms with Gasteiger partial charge in [-0.05, 0) is 91.5 Å². The van der Waals surface area contributed by atoms with E-state index in [1.165, 1.54) is 25.9 Å². The fourth-order valence-electron chi connectivity index (χ4n) is 9.46. The topological polar surface area (TPSA) is 230 Å². The van der Waals surface area contributed by atoms with Crippen LogP contribution < -0.4 is 21.3 Å². The summed E-state index contributed by atoms with van der Waals surface area (Å²) in [5.74, 6) is -5.31. The van der Waals surface area contributed by atoms with Crippen LogP contribution in [0.2, 0.25) is 0 Å². The average molecular weight is 1050 g/mol. The summed E-state index contributed by atoms with van der Waals surface area (Å²) in [6, 6.07) is 20.6. The first-order valence-corrected chi connectivity index (χ1v) is 26.7. The molecule has 1 aliphatic rings. The molecule has 76 heavy (non-hydrogen) atoms. The minimum absolute atomic E-state index is 0.0363. The molecule has 17 nitrogen and oxygen atoms in total. The Balaban J connectivity index is 1.33. The summed E-state index contributed by atoms with van der Waals surface area (Å²) >= 11 is 0. The fraction of sp³-hybridized carbons (Fsp3) is 0.525. The smallest absolute Gasteiger partial charge is 0.407 e.